The average molecular weight is 363 g/mol. The molecule has 136 valence electrons. The van der Waals surface area contributed by atoms with Crippen LogP contribution in [0.1, 0.15) is 5.56 Å². The van der Waals surface area contributed by atoms with Gasteiger partial charge in [-0.2, -0.15) is 0 Å². The molecule has 0 atom stereocenters. The zero-order valence-corrected chi connectivity index (χ0v) is 14.7. The Morgan fingerprint density at radius 1 is 1.30 bits per heavy atom. The molecular formula is C21H17NO5. The molecule has 2 aromatic carbocycles. The number of rotatable bonds is 5. The van der Waals surface area contributed by atoms with Gasteiger partial charge < -0.3 is 14.2 Å². The molecule has 1 aliphatic heterocycles. The van der Waals surface area contributed by atoms with Crippen molar-refractivity contribution in [3.63, 3.8) is 0 Å². The Morgan fingerprint density at radius 2 is 2.11 bits per heavy atom. The summed E-state index contributed by atoms with van der Waals surface area (Å²) in [6.07, 6.45) is 8.12. The molecule has 0 radical (unpaired) electrons. The van der Waals surface area contributed by atoms with Crippen molar-refractivity contribution in [2.45, 2.75) is 0 Å². The number of amides is 2. The van der Waals surface area contributed by atoms with Crippen LogP contribution < -0.4 is 19.1 Å². The number of carbonyl (C=O) groups excluding carboxylic acids is 2. The summed E-state index contributed by atoms with van der Waals surface area (Å²) in [7, 11) is 1.51. The van der Waals surface area contributed by atoms with Gasteiger partial charge in [0.1, 0.15) is 12.4 Å². The largest absolute Gasteiger partial charge is 0.493 e. The fraction of sp³-hybridized carbons (Fsp3) is 0.143. The third kappa shape index (κ3) is 3.93. The highest BCUT2D eigenvalue weighted by atomic mass is 16.5. The van der Waals surface area contributed by atoms with Crippen molar-refractivity contribution in [2.75, 3.05) is 25.2 Å². The van der Waals surface area contributed by atoms with Gasteiger partial charge in [0.2, 0.25) is 0 Å². The first-order valence-corrected chi connectivity index (χ1v) is 8.15. The number of fused-ring (bicyclic) bond motifs is 1. The van der Waals surface area contributed by atoms with Crippen LogP contribution in [0.25, 0.3) is 6.08 Å². The maximum Gasteiger partial charge on any atom is 0.272 e. The molecule has 2 amide bonds. The Balaban J connectivity index is 1.81. The standard InChI is InChI=1S/C21H17NO5/c1-3-12-26-18-10-8-15(13-19(18)25-2)9-11-20(23)22-16-6-4-5-7-17(16)27-14-21(22)24/h1,4-11,13H,12,14H2,2H3/b11-9+. The van der Waals surface area contributed by atoms with Crippen LogP contribution in [0.2, 0.25) is 0 Å². The molecular weight excluding hydrogens is 346 g/mol. The lowest BCUT2D eigenvalue weighted by atomic mass is 10.1. The number of benzene rings is 2. The molecule has 0 bridgehead atoms. The van der Waals surface area contributed by atoms with Gasteiger partial charge in [0.25, 0.3) is 11.8 Å². The fourth-order valence-electron chi connectivity index (χ4n) is 2.61. The van der Waals surface area contributed by atoms with Gasteiger partial charge in [-0.3, -0.25) is 9.59 Å². The third-order valence-electron chi connectivity index (χ3n) is 3.84. The molecule has 0 saturated heterocycles. The third-order valence-corrected chi connectivity index (χ3v) is 3.84. The van der Waals surface area contributed by atoms with E-state index in [-0.39, 0.29) is 13.2 Å². The van der Waals surface area contributed by atoms with Crippen LogP contribution in [-0.2, 0) is 9.59 Å². The van der Waals surface area contributed by atoms with Gasteiger partial charge >= 0.3 is 0 Å². The van der Waals surface area contributed by atoms with Crippen LogP contribution in [0.3, 0.4) is 0 Å². The van der Waals surface area contributed by atoms with Crippen molar-refractivity contribution in [3.8, 4) is 29.6 Å². The van der Waals surface area contributed by atoms with Crippen LogP contribution >= 0.6 is 0 Å². The number of hydrogen-bond acceptors (Lipinski definition) is 5. The van der Waals surface area contributed by atoms with Crippen LogP contribution in [0, 0.1) is 12.3 Å². The smallest absolute Gasteiger partial charge is 0.272 e. The molecule has 0 aliphatic carbocycles. The predicted molar refractivity (Wildman–Crippen MR) is 101 cm³/mol. The second-order valence-corrected chi connectivity index (χ2v) is 5.56. The number of anilines is 1. The van der Waals surface area contributed by atoms with Gasteiger partial charge in [-0.25, -0.2) is 4.90 Å². The van der Waals surface area contributed by atoms with Crippen LogP contribution in [0.5, 0.6) is 17.2 Å². The highest BCUT2D eigenvalue weighted by Gasteiger charge is 2.29. The average Bonchev–Trinajstić information content (AvgIpc) is 2.70. The van der Waals surface area contributed by atoms with Crippen molar-refractivity contribution in [3.05, 3.63) is 54.1 Å². The minimum absolute atomic E-state index is 0.128. The van der Waals surface area contributed by atoms with Crippen LogP contribution in [-0.4, -0.2) is 32.1 Å². The van der Waals surface area contributed by atoms with E-state index in [0.29, 0.717) is 28.5 Å². The minimum atomic E-state index is -0.456. The second-order valence-electron chi connectivity index (χ2n) is 5.56. The first-order valence-electron chi connectivity index (χ1n) is 8.15. The van der Waals surface area contributed by atoms with Gasteiger partial charge in [-0.1, -0.05) is 24.1 Å². The van der Waals surface area contributed by atoms with E-state index in [0.717, 1.165) is 4.90 Å². The summed E-state index contributed by atoms with van der Waals surface area (Å²) < 4.78 is 16.0. The van der Waals surface area contributed by atoms with Crippen LogP contribution in [0.4, 0.5) is 5.69 Å². The maximum atomic E-state index is 12.6. The molecule has 1 heterocycles. The van der Waals surface area contributed by atoms with Crippen molar-refractivity contribution in [2.24, 2.45) is 0 Å². The summed E-state index contributed by atoms with van der Waals surface area (Å²) in [6, 6.07) is 12.1. The molecule has 0 saturated carbocycles. The van der Waals surface area contributed by atoms with Gasteiger partial charge in [0.05, 0.1) is 12.8 Å². The Kier molecular flexibility index (Phi) is 5.43. The Bertz CT molecular complexity index is 942. The molecule has 27 heavy (non-hydrogen) atoms. The summed E-state index contributed by atoms with van der Waals surface area (Å²) in [6.45, 7) is -0.0474. The zero-order valence-electron chi connectivity index (χ0n) is 14.7. The SMILES string of the molecule is C#CCOc1ccc(/C=C/C(=O)N2C(=O)COc3ccccc32)cc1OC. The van der Waals surface area contributed by atoms with E-state index >= 15 is 0 Å². The molecule has 6 heteroatoms. The summed E-state index contributed by atoms with van der Waals surface area (Å²) in [4.78, 5) is 25.8. The van der Waals surface area contributed by atoms with Gasteiger partial charge in [-0.15, -0.1) is 6.42 Å². The molecule has 3 rings (SSSR count). The van der Waals surface area contributed by atoms with Gasteiger partial charge in [-0.05, 0) is 35.9 Å². The van der Waals surface area contributed by atoms with E-state index < -0.39 is 11.8 Å². The lowest BCUT2D eigenvalue weighted by Crippen LogP contribution is -2.42. The molecule has 0 N–H and O–H groups in total. The van der Waals surface area contributed by atoms with Crippen molar-refractivity contribution < 1.29 is 23.8 Å². The minimum Gasteiger partial charge on any atom is -0.493 e. The predicted octanol–water partition coefficient (Wildman–Crippen LogP) is 2.67. The molecule has 6 nitrogen and oxygen atoms in total. The maximum absolute atomic E-state index is 12.6. The summed E-state index contributed by atoms with van der Waals surface area (Å²) >= 11 is 0. The van der Waals surface area contributed by atoms with E-state index in [1.54, 1.807) is 48.5 Å². The highest BCUT2D eigenvalue weighted by molar-refractivity contribution is 6.21. The molecule has 2 aromatic rings. The number of carbonyl (C=O) groups is 2. The summed E-state index contributed by atoms with van der Waals surface area (Å²) in [5.74, 6) is 3.01. The van der Waals surface area contributed by atoms with Crippen molar-refractivity contribution in [1.29, 1.82) is 0 Å². The molecule has 0 spiro atoms. The van der Waals surface area contributed by atoms with E-state index in [9.17, 15) is 9.59 Å². The number of methoxy groups -OCH3 is 1. The number of hydrogen-bond donors (Lipinski definition) is 0. The van der Waals surface area contributed by atoms with Crippen molar-refractivity contribution in [1.82, 2.24) is 0 Å². The molecule has 0 unspecified atom stereocenters. The number of ether oxygens (including phenoxy) is 3. The topological polar surface area (TPSA) is 65.1 Å². The van der Waals surface area contributed by atoms with Crippen molar-refractivity contribution >= 4 is 23.6 Å². The fourth-order valence-corrected chi connectivity index (χ4v) is 2.61. The Morgan fingerprint density at radius 3 is 2.89 bits per heavy atom. The first-order chi connectivity index (χ1) is 13.1. The van der Waals surface area contributed by atoms with Gasteiger partial charge in [0, 0.05) is 6.08 Å². The van der Waals surface area contributed by atoms with E-state index in [2.05, 4.69) is 5.92 Å². The Hall–Kier alpha value is -3.72. The zero-order chi connectivity index (χ0) is 19.2. The highest BCUT2D eigenvalue weighted by Crippen LogP contribution is 2.32. The first kappa shape index (κ1) is 18.1. The monoisotopic (exact) mass is 363 g/mol. The summed E-state index contributed by atoms with van der Waals surface area (Å²) in [5.41, 5.74) is 1.14. The molecule has 0 fully saturated rings. The van der Waals surface area contributed by atoms with E-state index in [1.165, 1.54) is 13.2 Å². The van der Waals surface area contributed by atoms with E-state index in [1.807, 2.05) is 0 Å². The van der Waals surface area contributed by atoms with Gasteiger partial charge in [0.15, 0.2) is 18.1 Å². The molecule has 1 aliphatic rings. The van der Waals surface area contributed by atoms with Crippen LogP contribution in [0.15, 0.2) is 48.5 Å². The number of para-hydroxylation sites is 2. The quantitative estimate of drug-likeness (QED) is 0.604. The second kappa shape index (κ2) is 8.11. The summed E-state index contributed by atoms with van der Waals surface area (Å²) in [5, 5.41) is 0. The lowest BCUT2D eigenvalue weighted by molar-refractivity contribution is -0.126. The van der Waals surface area contributed by atoms with E-state index in [4.69, 9.17) is 20.6 Å². The lowest BCUT2D eigenvalue weighted by Gasteiger charge is -2.26. The Labute approximate surface area is 157 Å². The molecule has 0 aromatic heterocycles. The number of imide groups is 1. The normalized spacial score (nSPS) is 12.9. The number of nitrogens with zero attached hydrogens (tertiary/aromatic N) is 1. The number of terminal acetylenes is 1.